The minimum atomic E-state index is -0.817. The highest BCUT2D eigenvalue weighted by atomic mass is 16.3. The van der Waals surface area contributed by atoms with Crippen LogP contribution in [0.2, 0.25) is 0 Å². The Kier molecular flexibility index (Phi) is 9.22. The van der Waals surface area contributed by atoms with Gasteiger partial charge in [0.1, 0.15) is 12.6 Å². The molecule has 6 heteroatoms. The molecule has 0 aromatic heterocycles. The Morgan fingerprint density at radius 3 is 2.10 bits per heavy atom. The first-order chi connectivity index (χ1) is 14.5. The van der Waals surface area contributed by atoms with Crippen molar-refractivity contribution in [2.45, 2.75) is 45.2 Å². The Balaban J connectivity index is 2.09. The van der Waals surface area contributed by atoms with Gasteiger partial charge in [-0.3, -0.25) is 14.4 Å². The lowest BCUT2D eigenvalue weighted by molar-refractivity contribution is -0.131. The number of carbonyl (C=O) groups is 3. The predicted octanol–water partition coefficient (Wildman–Crippen LogP) is 2.51. The van der Waals surface area contributed by atoms with E-state index in [4.69, 9.17) is 0 Å². The van der Waals surface area contributed by atoms with Gasteiger partial charge in [0.25, 0.3) is 5.91 Å². The number of ketones is 1. The van der Waals surface area contributed by atoms with Gasteiger partial charge < -0.3 is 15.7 Å². The molecule has 0 aliphatic heterocycles. The maximum atomic E-state index is 13.0. The van der Waals surface area contributed by atoms with E-state index in [0.29, 0.717) is 24.8 Å². The number of aliphatic hydroxyl groups excluding tert-OH is 1. The molecule has 3 N–H and O–H groups in total. The van der Waals surface area contributed by atoms with E-state index in [9.17, 15) is 19.5 Å². The van der Waals surface area contributed by atoms with Crippen molar-refractivity contribution in [2.75, 3.05) is 6.61 Å². The normalized spacial score (nSPS) is 13.7. The van der Waals surface area contributed by atoms with Crippen molar-refractivity contribution in [2.24, 2.45) is 5.92 Å². The van der Waals surface area contributed by atoms with Crippen LogP contribution >= 0.6 is 0 Å². The number of aliphatic hydroxyl groups is 1. The van der Waals surface area contributed by atoms with Gasteiger partial charge in [0.15, 0.2) is 5.78 Å². The van der Waals surface area contributed by atoms with Crippen LogP contribution in [0.25, 0.3) is 0 Å². The summed E-state index contributed by atoms with van der Waals surface area (Å²) in [7, 11) is 0. The number of carbonyl (C=O) groups excluding carboxylic acids is 3. The predicted molar refractivity (Wildman–Crippen MR) is 116 cm³/mol. The van der Waals surface area contributed by atoms with Crippen LogP contribution in [-0.2, 0) is 16.0 Å². The SMILES string of the molecule is CCC(C)[C@H](NC(=O)c1ccccc1)C(=O)N[C@@H](CCc1ccccc1)C(=O)CO. The number of aryl methyl sites for hydroxylation is 1. The number of amides is 2. The summed E-state index contributed by atoms with van der Waals surface area (Å²) in [4.78, 5) is 37.8. The molecule has 3 atom stereocenters. The van der Waals surface area contributed by atoms with E-state index in [-0.39, 0.29) is 11.8 Å². The third-order valence-corrected chi connectivity index (χ3v) is 5.24. The molecule has 0 bridgehead atoms. The standard InChI is InChI=1S/C24H30N2O4/c1-3-17(2)22(26-23(29)19-12-8-5-9-13-19)24(30)25-20(21(28)16-27)15-14-18-10-6-4-7-11-18/h4-13,17,20,22,27H,3,14-16H2,1-2H3,(H,25,30)(H,26,29)/t17?,20-,22-/m0/s1. The first-order valence-electron chi connectivity index (χ1n) is 10.3. The van der Waals surface area contributed by atoms with Crippen LogP contribution in [0, 0.1) is 5.92 Å². The van der Waals surface area contributed by atoms with Crippen molar-refractivity contribution >= 4 is 17.6 Å². The molecule has 160 valence electrons. The van der Waals surface area contributed by atoms with Gasteiger partial charge in [0.05, 0.1) is 6.04 Å². The molecule has 1 unspecified atom stereocenters. The number of Topliss-reactive ketones (excluding diaryl/α,β-unsaturated/α-hetero) is 1. The van der Waals surface area contributed by atoms with Crippen LogP contribution in [0.3, 0.4) is 0 Å². The molecule has 2 aromatic rings. The minimum absolute atomic E-state index is 0.128. The van der Waals surface area contributed by atoms with Gasteiger partial charge in [0.2, 0.25) is 5.91 Å². The molecule has 0 spiro atoms. The number of rotatable bonds is 11. The van der Waals surface area contributed by atoms with Crippen LogP contribution in [0.1, 0.15) is 42.6 Å². The Morgan fingerprint density at radius 2 is 1.53 bits per heavy atom. The summed E-state index contributed by atoms with van der Waals surface area (Å²) < 4.78 is 0. The van der Waals surface area contributed by atoms with E-state index in [0.717, 1.165) is 5.56 Å². The average molecular weight is 411 g/mol. The van der Waals surface area contributed by atoms with Crippen LogP contribution in [0.15, 0.2) is 60.7 Å². The van der Waals surface area contributed by atoms with Crippen LogP contribution in [0.4, 0.5) is 0 Å². The number of benzene rings is 2. The molecular formula is C24H30N2O4. The molecule has 6 nitrogen and oxygen atoms in total. The molecule has 2 amide bonds. The van der Waals surface area contributed by atoms with E-state index in [2.05, 4.69) is 10.6 Å². The van der Waals surface area contributed by atoms with Crippen molar-refractivity contribution in [1.82, 2.24) is 10.6 Å². The second-order valence-corrected chi connectivity index (χ2v) is 7.41. The van der Waals surface area contributed by atoms with Gasteiger partial charge in [-0.15, -0.1) is 0 Å². The van der Waals surface area contributed by atoms with Crippen LogP contribution in [0.5, 0.6) is 0 Å². The summed E-state index contributed by atoms with van der Waals surface area (Å²) >= 11 is 0. The van der Waals surface area contributed by atoms with Gasteiger partial charge in [0, 0.05) is 5.56 Å². The van der Waals surface area contributed by atoms with Crippen molar-refractivity contribution in [3.8, 4) is 0 Å². The van der Waals surface area contributed by atoms with E-state index in [1.54, 1.807) is 24.3 Å². The fourth-order valence-corrected chi connectivity index (χ4v) is 3.16. The van der Waals surface area contributed by atoms with Crippen molar-refractivity contribution < 1.29 is 19.5 Å². The second kappa shape index (κ2) is 11.9. The quantitative estimate of drug-likeness (QED) is 0.530. The zero-order valence-corrected chi connectivity index (χ0v) is 17.5. The number of hydrogen-bond donors (Lipinski definition) is 3. The van der Waals surface area contributed by atoms with Crippen molar-refractivity contribution in [3.63, 3.8) is 0 Å². The smallest absolute Gasteiger partial charge is 0.251 e. The van der Waals surface area contributed by atoms with E-state index < -0.39 is 30.4 Å². The van der Waals surface area contributed by atoms with E-state index in [1.165, 1.54) is 0 Å². The Bertz CT molecular complexity index is 824. The molecule has 0 saturated heterocycles. The summed E-state index contributed by atoms with van der Waals surface area (Å²) in [6.07, 6.45) is 1.63. The zero-order chi connectivity index (χ0) is 21.9. The molecule has 30 heavy (non-hydrogen) atoms. The fraction of sp³-hybridized carbons (Fsp3) is 0.375. The van der Waals surface area contributed by atoms with Crippen molar-refractivity contribution in [3.05, 3.63) is 71.8 Å². The average Bonchev–Trinajstić information content (AvgIpc) is 2.80. The maximum absolute atomic E-state index is 13.0. The largest absolute Gasteiger partial charge is 0.389 e. The summed E-state index contributed by atoms with van der Waals surface area (Å²) in [5.74, 6) is -1.34. The lowest BCUT2D eigenvalue weighted by atomic mass is 9.96. The maximum Gasteiger partial charge on any atom is 0.251 e. The van der Waals surface area contributed by atoms with Gasteiger partial charge >= 0.3 is 0 Å². The molecule has 2 aromatic carbocycles. The second-order valence-electron chi connectivity index (χ2n) is 7.41. The topological polar surface area (TPSA) is 95.5 Å². The Morgan fingerprint density at radius 1 is 0.933 bits per heavy atom. The first-order valence-corrected chi connectivity index (χ1v) is 10.3. The van der Waals surface area contributed by atoms with E-state index in [1.807, 2.05) is 50.2 Å². The first kappa shape index (κ1) is 23.3. The van der Waals surface area contributed by atoms with Gasteiger partial charge in [-0.05, 0) is 36.5 Å². The van der Waals surface area contributed by atoms with Gasteiger partial charge in [-0.1, -0.05) is 68.8 Å². The monoisotopic (exact) mass is 410 g/mol. The fourth-order valence-electron chi connectivity index (χ4n) is 3.16. The number of hydrogen-bond acceptors (Lipinski definition) is 4. The zero-order valence-electron chi connectivity index (χ0n) is 17.5. The summed E-state index contributed by atoms with van der Waals surface area (Å²) in [5, 5.41) is 14.9. The molecule has 0 aliphatic carbocycles. The summed E-state index contributed by atoms with van der Waals surface area (Å²) in [5.41, 5.74) is 1.50. The van der Waals surface area contributed by atoms with Crippen LogP contribution < -0.4 is 10.6 Å². The molecule has 0 saturated carbocycles. The van der Waals surface area contributed by atoms with Crippen LogP contribution in [-0.4, -0.2) is 41.4 Å². The Hall–Kier alpha value is -2.99. The molecule has 0 heterocycles. The summed E-state index contributed by atoms with van der Waals surface area (Å²) in [6, 6.07) is 16.7. The lowest BCUT2D eigenvalue weighted by Gasteiger charge is -2.26. The highest BCUT2D eigenvalue weighted by Crippen LogP contribution is 2.12. The minimum Gasteiger partial charge on any atom is -0.389 e. The highest BCUT2D eigenvalue weighted by Gasteiger charge is 2.29. The molecule has 0 radical (unpaired) electrons. The Labute approximate surface area is 177 Å². The van der Waals surface area contributed by atoms with Gasteiger partial charge in [-0.2, -0.15) is 0 Å². The summed E-state index contributed by atoms with van der Waals surface area (Å²) in [6.45, 7) is 3.16. The third-order valence-electron chi connectivity index (χ3n) is 5.24. The molecular weight excluding hydrogens is 380 g/mol. The van der Waals surface area contributed by atoms with Crippen molar-refractivity contribution in [1.29, 1.82) is 0 Å². The molecule has 2 rings (SSSR count). The molecule has 0 aliphatic rings. The highest BCUT2D eigenvalue weighted by molar-refractivity contribution is 5.98. The van der Waals surface area contributed by atoms with Gasteiger partial charge in [-0.25, -0.2) is 0 Å². The lowest BCUT2D eigenvalue weighted by Crippen LogP contribution is -2.54. The number of nitrogens with one attached hydrogen (secondary N) is 2. The van der Waals surface area contributed by atoms with E-state index >= 15 is 0 Å². The molecule has 0 fully saturated rings. The third kappa shape index (κ3) is 6.81.